The summed E-state index contributed by atoms with van der Waals surface area (Å²) in [4.78, 5) is 26.6. The highest BCUT2D eigenvalue weighted by atomic mass is 16.1. The molecule has 4 heteroatoms. The van der Waals surface area contributed by atoms with E-state index in [0.29, 0.717) is 18.8 Å². The molecule has 2 aromatic carbocycles. The van der Waals surface area contributed by atoms with Gasteiger partial charge in [-0.25, -0.2) is 0 Å². The van der Waals surface area contributed by atoms with Gasteiger partial charge in [-0.15, -0.1) is 0 Å². The fourth-order valence-electron chi connectivity index (χ4n) is 4.43. The van der Waals surface area contributed by atoms with Crippen LogP contribution in [0.25, 0.3) is 0 Å². The number of ketones is 1. The molecule has 0 aromatic heterocycles. The number of aryl methyl sites for hydroxylation is 1. The Labute approximate surface area is 166 Å². The van der Waals surface area contributed by atoms with E-state index < -0.39 is 0 Å². The van der Waals surface area contributed by atoms with Crippen LogP contribution in [0.4, 0.5) is 5.69 Å². The molecule has 2 aliphatic rings. The molecule has 2 heterocycles. The van der Waals surface area contributed by atoms with E-state index in [4.69, 9.17) is 0 Å². The van der Waals surface area contributed by atoms with Crippen LogP contribution in [-0.2, 0) is 17.6 Å². The molecule has 1 atom stereocenters. The molecule has 4 nitrogen and oxygen atoms in total. The fraction of sp³-hybridized carbons (Fsp3) is 0.417. The van der Waals surface area contributed by atoms with Crippen molar-refractivity contribution in [3.05, 3.63) is 65.2 Å². The monoisotopic (exact) mass is 376 g/mol. The van der Waals surface area contributed by atoms with E-state index in [1.165, 1.54) is 18.4 Å². The first kappa shape index (κ1) is 18.9. The number of likely N-dealkylation sites (tertiary alicyclic amines) is 1. The first-order valence-electron chi connectivity index (χ1n) is 10.4. The summed E-state index contributed by atoms with van der Waals surface area (Å²) in [6, 6.07) is 16.4. The molecule has 0 unspecified atom stereocenters. The van der Waals surface area contributed by atoms with Gasteiger partial charge >= 0.3 is 0 Å². The number of benzene rings is 2. The average molecular weight is 376 g/mol. The lowest BCUT2D eigenvalue weighted by Gasteiger charge is -2.32. The molecular formula is C24H28N2O2. The Morgan fingerprint density at radius 2 is 1.96 bits per heavy atom. The number of carbonyl (C=O) groups excluding carboxylic acids is 2. The van der Waals surface area contributed by atoms with Gasteiger partial charge in [-0.3, -0.25) is 9.59 Å². The number of carbonyl (C=O) groups is 2. The molecular weight excluding hydrogens is 348 g/mol. The molecule has 1 amide bonds. The minimum absolute atomic E-state index is 0.0572. The Morgan fingerprint density at radius 3 is 2.82 bits per heavy atom. The number of piperidine rings is 1. The highest BCUT2D eigenvalue weighted by molar-refractivity contribution is 5.99. The topological polar surface area (TPSA) is 49.4 Å². The van der Waals surface area contributed by atoms with Gasteiger partial charge in [-0.1, -0.05) is 30.3 Å². The molecule has 28 heavy (non-hydrogen) atoms. The summed E-state index contributed by atoms with van der Waals surface area (Å²) in [7, 11) is 0. The van der Waals surface area contributed by atoms with Gasteiger partial charge in [0.2, 0.25) is 5.91 Å². The van der Waals surface area contributed by atoms with E-state index in [-0.39, 0.29) is 11.7 Å². The Hall–Kier alpha value is -2.46. The van der Waals surface area contributed by atoms with Gasteiger partial charge in [0.25, 0.3) is 0 Å². The maximum atomic E-state index is 12.7. The maximum absolute atomic E-state index is 12.7. The number of rotatable bonds is 6. The Morgan fingerprint density at radius 1 is 1.11 bits per heavy atom. The molecule has 146 valence electrons. The van der Waals surface area contributed by atoms with Gasteiger partial charge in [-0.2, -0.15) is 0 Å². The summed E-state index contributed by atoms with van der Waals surface area (Å²) in [6.07, 6.45) is 5.39. The van der Waals surface area contributed by atoms with Crippen molar-refractivity contribution in [3.8, 4) is 0 Å². The zero-order valence-corrected chi connectivity index (χ0v) is 16.3. The first-order chi connectivity index (χ1) is 13.7. The number of fused-ring (bicyclic) bond motifs is 1. The summed E-state index contributed by atoms with van der Waals surface area (Å²) < 4.78 is 0. The van der Waals surface area contributed by atoms with Crippen LogP contribution in [-0.4, -0.2) is 36.2 Å². The third-order valence-corrected chi connectivity index (χ3v) is 5.95. The van der Waals surface area contributed by atoms with Crippen LogP contribution in [0.3, 0.4) is 0 Å². The zero-order valence-electron chi connectivity index (χ0n) is 16.3. The van der Waals surface area contributed by atoms with Crippen LogP contribution in [0, 0.1) is 5.92 Å². The number of nitrogens with zero attached hydrogens (tertiary/aromatic N) is 1. The van der Waals surface area contributed by atoms with Crippen LogP contribution < -0.4 is 5.32 Å². The van der Waals surface area contributed by atoms with Crippen molar-refractivity contribution < 1.29 is 9.59 Å². The van der Waals surface area contributed by atoms with Gasteiger partial charge in [-0.05, 0) is 67.5 Å². The normalized spacial score (nSPS) is 19.7. The van der Waals surface area contributed by atoms with E-state index >= 15 is 0 Å². The minimum atomic E-state index is 0.0572. The number of hydrogen-bond acceptors (Lipinski definition) is 3. The molecule has 1 saturated heterocycles. The molecule has 0 radical (unpaired) electrons. The Kier molecular flexibility index (Phi) is 5.87. The average Bonchev–Trinajstić information content (AvgIpc) is 2.72. The summed E-state index contributed by atoms with van der Waals surface area (Å²) in [6.45, 7) is 3.01. The number of nitrogens with one attached hydrogen (secondary N) is 1. The molecule has 0 spiro atoms. The van der Waals surface area contributed by atoms with Gasteiger partial charge < -0.3 is 10.2 Å². The van der Waals surface area contributed by atoms with Crippen molar-refractivity contribution in [1.29, 1.82) is 0 Å². The number of hydrogen-bond donors (Lipinski definition) is 1. The SMILES string of the molecule is O=C1CCc2cc(C(=O)CCN3CCC[C@@H](Cc4ccccc4)C3)ccc2N1. The summed E-state index contributed by atoms with van der Waals surface area (Å²) in [5, 5.41) is 2.88. The minimum Gasteiger partial charge on any atom is -0.326 e. The maximum Gasteiger partial charge on any atom is 0.224 e. The molecule has 0 aliphatic carbocycles. The van der Waals surface area contributed by atoms with E-state index in [9.17, 15) is 9.59 Å². The summed E-state index contributed by atoms with van der Waals surface area (Å²) in [5.41, 5.74) is 4.11. The number of anilines is 1. The second-order valence-electron chi connectivity index (χ2n) is 8.09. The molecule has 2 aromatic rings. The third-order valence-electron chi connectivity index (χ3n) is 5.95. The lowest BCUT2D eigenvalue weighted by Crippen LogP contribution is -2.37. The Bertz CT molecular complexity index is 847. The van der Waals surface area contributed by atoms with E-state index in [1.54, 1.807) is 0 Å². The summed E-state index contributed by atoms with van der Waals surface area (Å²) in [5.74, 6) is 0.935. The van der Waals surface area contributed by atoms with Gasteiger partial charge in [0.15, 0.2) is 5.78 Å². The van der Waals surface area contributed by atoms with Crippen LogP contribution >= 0.6 is 0 Å². The smallest absolute Gasteiger partial charge is 0.224 e. The van der Waals surface area contributed by atoms with Gasteiger partial charge in [0, 0.05) is 37.2 Å². The summed E-state index contributed by atoms with van der Waals surface area (Å²) >= 11 is 0. The Balaban J connectivity index is 1.30. The van der Waals surface area contributed by atoms with Crippen molar-refractivity contribution in [2.45, 2.75) is 38.5 Å². The van der Waals surface area contributed by atoms with Crippen LogP contribution in [0.15, 0.2) is 48.5 Å². The second kappa shape index (κ2) is 8.70. The van der Waals surface area contributed by atoms with Crippen molar-refractivity contribution >= 4 is 17.4 Å². The quantitative estimate of drug-likeness (QED) is 0.772. The molecule has 0 bridgehead atoms. The highest BCUT2D eigenvalue weighted by Crippen LogP contribution is 2.25. The lowest BCUT2D eigenvalue weighted by atomic mass is 9.91. The van der Waals surface area contributed by atoms with Gasteiger partial charge in [0.05, 0.1) is 0 Å². The van der Waals surface area contributed by atoms with E-state index in [1.807, 2.05) is 18.2 Å². The van der Waals surface area contributed by atoms with E-state index in [2.05, 4.69) is 40.5 Å². The number of amides is 1. The standard InChI is InChI=1S/C24H28N2O2/c27-23(21-8-10-22-20(16-21)9-11-24(28)25-22)12-14-26-13-4-7-19(17-26)15-18-5-2-1-3-6-18/h1-3,5-6,8,10,16,19H,4,7,9,11-15,17H2,(H,25,28)/t19-/m0/s1. The van der Waals surface area contributed by atoms with Crippen LogP contribution in [0.2, 0.25) is 0 Å². The van der Waals surface area contributed by atoms with Crippen LogP contribution in [0.5, 0.6) is 0 Å². The highest BCUT2D eigenvalue weighted by Gasteiger charge is 2.21. The fourth-order valence-corrected chi connectivity index (χ4v) is 4.43. The third kappa shape index (κ3) is 4.68. The zero-order chi connectivity index (χ0) is 19.3. The predicted octanol–water partition coefficient (Wildman–Crippen LogP) is 4.10. The molecule has 1 fully saturated rings. The lowest BCUT2D eigenvalue weighted by molar-refractivity contribution is -0.116. The predicted molar refractivity (Wildman–Crippen MR) is 112 cm³/mol. The number of Topliss-reactive ketones (excluding diaryl/α,β-unsaturated/α-hetero) is 1. The van der Waals surface area contributed by atoms with Crippen molar-refractivity contribution in [1.82, 2.24) is 4.90 Å². The molecule has 2 aliphatic heterocycles. The second-order valence-corrected chi connectivity index (χ2v) is 8.09. The molecule has 0 saturated carbocycles. The molecule has 1 N–H and O–H groups in total. The van der Waals surface area contributed by atoms with Gasteiger partial charge in [0.1, 0.15) is 0 Å². The van der Waals surface area contributed by atoms with Crippen molar-refractivity contribution in [3.63, 3.8) is 0 Å². The molecule has 4 rings (SSSR count). The van der Waals surface area contributed by atoms with Crippen LogP contribution in [0.1, 0.15) is 47.2 Å². The first-order valence-corrected chi connectivity index (χ1v) is 10.4. The van der Waals surface area contributed by atoms with E-state index in [0.717, 1.165) is 49.3 Å². The van der Waals surface area contributed by atoms with Crippen molar-refractivity contribution in [2.24, 2.45) is 5.92 Å². The largest absolute Gasteiger partial charge is 0.326 e. The van der Waals surface area contributed by atoms with Crippen molar-refractivity contribution in [2.75, 3.05) is 25.0 Å².